The fourth-order valence-electron chi connectivity index (χ4n) is 2.88. The molecular formula is C9H16N2O3S. The predicted octanol–water partition coefficient (Wildman–Crippen LogP) is -0.975. The Morgan fingerprint density at radius 3 is 2.67 bits per heavy atom. The molecule has 2 rings (SSSR count). The molecule has 1 heterocycles. The number of hydrogen-bond acceptors (Lipinski definition) is 4. The van der Waals surface area contributed by atoms with Crippen LogP contribution in [-0.4, -0.2) is 37.4 Å². The van der Waals surface area contributed by atoms with E-state index in [2.05, 4.69) is 5.32 Å². The smallest absolute Gasteiger partial charge is 0.217 e. The van der Waals surface area contributed by atoms with Crippen LogP contribution in [0.4, 0.5) is 0 Å². The molecule has 0 aromatic rings. The number of amides is 1. The van der Waals surface area contributed by atoms with Crippen LogP contribution in [0.2, 0.25) is 0 Å². The van der Waals surface area contributed by atoms with Gasteiger partial charge in [-0.05, 0) is 12.8 Å². The van der Waals surface area contributed by atoms with E-state index in [9.17, 15) is 13.2 Å². The third-order valence-corrected chi connectivity index (χ3v) is 5.73. The molecule has 0 radical (unpaired) electrons. The zero-order chi connectivity index (χ0) is 11.2. The summed E-state index contributed by atoms with van der Waals surface area (Å²) in [5.74, 6) is -0.218. The van der Waals surface area contributed by atoms with Crippen LogP contribution in [-0.2, 0) is 14.6 Å². The quantitative estimate of drug-likeness (QED) is 0.608. The number of sulfone groups is 1. The zero-order valence-electron chi connectivity index (χ0n) is 8.64. The summed E-state index contributed by atoms with van der Waals surface area (Å²) >= 11 is 0. The number of hydrogen-bond donors (Lipinski definition) is 2. The number of fused-ring (bicyclic) bond motifs is 1. The molecule has 15 heavy (non-hydrogen) atoms. The van der Waals surface area contributed by atoms with Crippen molar-refractivity contribution in [2.24, 2.45) is 11.7 Å². The van der Waals surface area contributed by atoms with Crippen LogP contribution < -0.4 is 11.1 Å². The van der Waals surface area contributed by atoms with Crippen LogP contribution in [0.25, 0.3) is 0 Å². The maximum absolute atomic E-state index is 11.8. The summed E-state index contributed by atoms with van der Waals surface area (Å²) in [4.78, 5) is 11.0. The molecule has 1 saturated heterocycles. The van der Waals surface area contributed by atoms with Gasteiger partial charge in [-0.15, -0.1) is 0 Å². The first-order valence-electron chi connectivity index (χ1n) is 5.16. The first-order valence-corrected chi connectivity index (χ1v) is 6.87. The average Bonchev–Trinajstić information content (AvgIpc) is 2.54. The maximum atomic E-state index is 11.8. The van der Waals surface area contributed by atoms with Crippen molar-refractivity contribution in [3.63, 3.8) is 0 Å². The molecule has 1 aliphatic carbocycles. The molecule has 1 aliphatic heterocycles. The van der Waals surface area contributed by atoms with Gasteiger partial charge in [-0.2, -0.15) is 0 Å². The van der Waals surface area contributed by atoms with Gasteiger partial charge in [0.25, 0.3) is 0 Å². The SMILES string of the molecule is CC(=O)N[C@H]1CS(=O)(=O)[C@@H]2CC[C@@H](N)[C@H]12. The summed E-state index contributed by atoms with van der Waals surface area (Å²) in [5.41, 5.74) is 5.89. The first kappa shape index (κ1) is 10.9. The van der Waals surface area contributed by atoms with E-state index in [1.807, 2.05) is 0 Å². The van der Waals surface area contributed by atoms with Crippen LogP contribution in [0.5, 0.6) is 0 Å². The highest BCUT2D eigenvalue weighted by Crippen LogP contribution is 2.39. The number of rotatable bonds is 1. The molecule has 0 aromatic carbocycles. The van der Waals surface area contributed by atoms with Crippen LogP contribution in [0.15, 0.2) is 0 Å². The zero-order valence-corrected chi connectivity index (χ0v) is 9.46. The van der Waals surface area contributed by atoms with Gasteiger partial charge in [0.1, 0.15) is 0 Å². The monoisotopic (exact) mass is 232 g/mol. The molecule has 2 aliphatic rings. The van der Waals surface area contributed by atoms with Crippen LogP contribution in [0.1, 0.15) is 19.8 Å². The molecule has 0 bridgehead atoms. The average molecular weight is 232 g/mol. The number of carbonyl (C=O) groups is 1. The van der Waals surface area contributed by atoms with Crippen molar-refractivity contribution >= 4 is 15.7 Å². The molecule has 6 heteroatoms. The molecule has 1 saturated carbocycles. The Bertz CT molecular complexity index is 379. The molecular weight excluding hydrogens is 216 g/mol. The van der Waals surface area contributed by atoms with Crippen molar-refractivity contribution in [1.29, 1.82) is 0 Å². The largest absolute Gasteiger partial charge is 0.352 e. The van der Waals surface area contributed by atoms with E-state index in [1.54, 1.807) is 0 Å². The Morgan fingerprint density at radius 2 is 2.07 bits per heavy atom. The number of nitrogens with two attached hydrogens (primary N) is 1. The second-order valence-electron chi connectivity index (χ2n) is 4.49. The van der Waals surface area contributed by atoms with Gasteiger partial charge >= 0.3 is 0 Å². The predicted molar refractivity (Wildman–Crippen MR) is 55.9 cm³/mol. The van der Waals surface area contributed by atoms with Crippen LogP contribution in [0, 0.1) is 5.92 Å². The van der Waals surface area contributed by atoms with Crippen molar-refractivity contribution < 1.29 is 13.2 Å². The summed E-state index contributed by atoms with van der Waals surface area (Å²) in [5, 5.41) is 2.37. The van der Waals surface area contributed by atoms with E-state index in [1.165, 1.54) is 6.92 Å². The van der Waals surface area contributed by atoms with Gasteiger partial charge in [-0.1, -0.05) is 0 Å². The Labute approximate surface area is 89.3 Å². The summed E-state index contributed by atoms with van der Waals surface area (Å²) in [7, 11) is -3.05. The van der Waals surface area contributed by atoms with Gasteiger partial charge in [-0.25, -0.2) is 8.42 Å². The highest BCUT2D eigenvalue weighted by Gasteiger charge is 2.53. The summed E-state index contributed by atoms with van der Waals surface area (Å²) in [6.07, 6.45) is 1.38. The van der Waals surface area contributed by atoms with E-state index >= 15 is 0 Å². The Morgan fingerprint density at radius 1 is 1.40 bits per heavy atom. The molecule has 86 valence electrons. The second-order valence-corrected chi connectivity index (χ2v) is 6.76. The van der Waals surface area contributed by atoms with Gasteiger partial charge in [0.15, 0.2) is 9.84 Å². The lowest BCUT2D eigenvalue weighted by atomic mass is 9.96. The molecule has 3 N–H and O–H groups in total. The van der Waals surface area contributed by atoms with Crippen molar-refractivity contribution in [3.05, 3.63) is 0 Å². The molecule has 0 aromatic heterocycles. The van der Waals surface area contributed by atoms with Crippen molar-refractivity contribution in [3.8, 4) is 0 Å². The van der Waals surface area contributed by atoms with E-state index in [0.29, 0.717) is 6.42 Å². The minimum atomic E-state index is -3.05. The van der Waals surface area contributed by atoms with Gasteiger partial charge < -0.3 is 11.1 Å². The molecule has 2 fully saturated rings. The fraction of sp³-hybridized carbons (Fsp3) is 0.889. The summed E-state index contributed by atoms with van der Waals surface area (Å²) in [6.45, 7) is 1.40. The van der Waals surface area contributed by atoms with Gasteiger partial charge in [0.05, 0.1) is 11.0 Å². The van der Waals surface area contributed by atoms with E-state index in [-0.39, 0.29) is 34.9 Å². The minimum Gasteiger partial charge on any atom is -0.352 e. The topological polar surface area (TPSA) is 89.3 Å². The standard InChI is InChI=1S/C9H16N2O3S/c1-5(12)11-7-4-15(13,14)8-3-2-6(10)9(7)8/h6-9H,2-4,10H2,1H3,(H,11,12)/t6-,7+,8-,9-/m1/s1. The molecule has 5 nitrogen and oxygen atoms in total. The fourth-order valence-corrected chi connectivity index (χ4v) is 5.30. The van der Waals surface area contributed by atoms with Crippen molar-refractivity contribution in [2.45, 2.75) is 37.1 Å². The maximum Gasteiger partial charge on any atom is 0.217 e. The normalized spacial score (nSPS) is 42.5. The molecule has 4 atom stereocenters. The Hall–Kier alpha value is -0.620. The summed E-state index contributed by atoms with van der Waals surface area (Å²) < 4.78 is 23.5. The van der Waals surface area contributed by atoms with Gasteiger partial charge in [0.2, 0.25) is 5.91 Å². The highest BCUT2D eigenvalue weighted by atomic mass is 32.2. The number of carbonyl (C=O) groups excluding carboxylic acids is 1. The number of nitrogens with one attached hydrogen (secondary N) is 1. The highest BCUT2D eigenvalue weighted by molar-refractivity contribution is 7.92. The van der Waals surface area contributed by atoms with E-state index in [4.69, 9.17) is 5.73 Å². The lowest BCUT2D eigenvalue weighted by Crippen LogP contribution is -2.45. The van der Waals surface area contributed by atoms with Crippen molar-refractivity contribution in [2.75, 3.05) is 5.75 Å². The molecule has 0 unspecified atom stereocenters. The van der Waals surface area contributed by atoms with Crippen molar-refractivity contribution in [1.82, 2.24) is 5.32 Å². The van der Waals surface area contributed by atoms with Gasteiger partial charge in [0, 0.05) is 24.9 Å². The third kappa shape index (κ3) is 1.76. The van der Waals surface area contributed by atoms with Gasteiger partial charge in [-0.3, -0.25) is 4.79 Å². The molecule has 0 spiro atoms. The Kier molecular flexibility index (Phi) is 2.50. The first-order chi connectivity index (χ1) is 6.92. The van der Waals surface area contributed by atoms with E-state index < -0.39 is 9.84 Å². The lowest BCUT2D eigenvalue weighted by molar-refractivity contribution is -0.119. The third-order valence-electron chi connectivity index (χ3n) is 3.43. The van der Waals surface area contributed by atoms with Crippen LogP contribution >= 0.6 is 0 Å². The second kappa shape index (κ2) is 3.45. The Balaban J connectivity index is 2.24. The molecule has 1 amide bonds. The lowest BCUT2D eigenvalue weighted by Gasteiger charge is -2.21. The van der Waals surface area contributed by atoms with Crippen LogP contribution in [0.3, 0.4) is 0 Å². The minimum absolute atomic E-state index is 0.0512. The van der Waals surface area contributed by atoms with E-state index in [0.717, 1.165) is 6.42 Å². The summed E-state index contributed by atoms with van der Waals surface area (Å²) in [6, 6.07) is -0.376.